The first-order valence-electron chi connectivity index (χ1n) is 34.0. The highest BCUT2D eigenvalue weighted by atomic mass is 16.5. The van der Waals surface area contributed by atoms with Gasteiger partial charge in [0.2, 0.25) is 17.8 Å². The van der Waals surface area contributed by atoms with Gasteiger partial charge in [-0.1, -0.05) is 116 Å². The van der Waals surface area contributed by atoms with Crippen LogP contribution >= 0.6 is 0 Å². The Hall–Kier alpha value is -11.4. The molecule has 6 aromatic carbocycles. The van der Waals surface area contributed by atoms with E-state index in [-0.39, 0.29) is 79.8 Å². The number of aromatic hydroxyl groups is 1. The number of ether oxygens (including phenoxy) is 2. The van der Waals surface area contributed by atoms with Crippen molar-refractivity contribution in [3.8, 4) is 23.6 Å². The Labute approximate surface area is 587 Å². The number of likely N-dealkylation sites (tertiary alicyclic amines) is 2. The summed E-state index contributed by atoms with van der Waals surface area (Å²) in [5.74, 6) is 0.653. The number of esters is 1. The second kappa shape index (κ2) is 33.0. The molecule has 0 spiro atoms. The second-order valence-electron chi connectivity index (χ2n) is 26.1. The molecule has 5 atom stereocenters. The summed E-state index contributed by atoms with van der Waals surface area (Å²) in [6, 6.07) is 46.1. The molecule has 25 heteroatoms. The van der Waals surface area contributed by atoms with Crippen molar-refractivity contribution in [2.24, 2.45) is 11.8 Å². The molecule has 4 fully saturated rings. The van der Waals surface area contributed by atoms with E-state index in [4.69, 9.17) is 24.4 Å². The Balaban J connectivity index is 0.000000215. The van der Waals surface area contributed by atoms with Crippen molar-refractivity contribution in [2.75, 3.05) is 124 Å². The van der Waals surface area contributed by atoms with Gasteiger partial charge < -0.3 is 65.5 Å². The summed E-state index contributed by atoms with van der Waals surface area (Å²) < 4.78 is 11.6. The summed E-state index contributed by atoms with van der Waals surface area (Å²) in [4.78, 5) is 98.3. The number of methoxy groups -OCH3 is 1. The van der Waals surface area contributed by atoms with Crippen molar-refractivity contribution in [1.29, 1.82) is 10.5 Å². The average Bonchev–Trinajstić information content (AvgIpc) is 0.734. The Morgan fingerprint density at radius 1 is 0.653 bits per heavy atom. The molecule has 4 amide bonds. The number of carbonyl (C=O) groups is 5. The van der Waals surface area contributed by atoms with Gasteiger partial charge in [0.05, 0.1) is 55.0 Å². The zero-order valence-electron chi connectivity index (χ0n) is 57.0. The topological polar surface area (TPSA) is 311 Å². The largest absolute Gasteiger partial charge is 0.508 e. The van der Waals surface area contributed by atoms with Crippen LogP contribution in [0, 0.1) is 34.5 Å². The summed E-state index contributed by atoms with van der Waals surface area (Å²) in [6.07, 6.45) is 4.14. The number of rotatable bonds is 21. The minimum atomic E-state index is -1.62. The normalized spacial score (nSPS) is 19.3. The molecule has 0 aliphatic carbocycles. The van der Waals surface area contributed by atoms with Gasteiger partial charge in [0.25, 0.3) is 11.8 Å². The molecule has 6 N–H and O–H groups in total. The van der Waals surface area contributed by atoms with Crippen LogP contribution in [0.1, 0.15) is 70.6 Å². The molecule has 0 bridgehead atoms. The first-order chi connectivity index (χ1) is 49.0. The average molecular weight is 1370 g/mol. The van der Waals surface area contributed by atoms with Gasteiger partial charge in [0.1, 0.15) is 41.1 Å². The third kappa shape index (κ3) is 17.4. The van der Waals surface area contributed by atoms with Gasteiger partial charge in [-0.3, -0.25) is 19.3 Å². The molecule has 101 heavy (non-hydrogen) atoms. The lowest BCUT2D eigenvalue weighted by atomic mass is 9.77. The lowest BCUT2D eigenvalue weighted by molar-refractivity contribution is -0.151. The predicted molar refractivity (Wildman–Crippen MR) is 387 cm³/mol. The van der Waals surface area contributed by atoms with Gasteiger partial charge in [-0.2, -0.15) is 20.5 Å². The highest BCUT2D eigenvalue weighted by molar-refractivity contribution is 6.10. The lowest BCUT2D eigenvalue weighted by Crippen LogP contribution is -2.73. The first-order valence-corrected chi connectivity index (χ1v) is 34.0. The van der Waals surface area contributed by atoms with Crippen LogP contribution in [0.3, 0.4) is 0 Å². The first kappa shape index (κ1) is 70.9. The van der Waals surface area contributed by atoms with Crippen LogP contribution in [0.5, 0.6) is 11.5 Å². The molecule has 2 aromatic heterocycles. The molecule has 4 aliphatic heterocycles. The zero-order valence-corrected chi connectivity index (χ0v) is 57.0. The number of anilines is 6. The van der Waals surface area contributed by atoms with Crippen LogP contribution in [-0.4, -0.2) is 190 Å². The van der Waals surface area contributed by atoms with Crippen LogP contribution in [0.15, 0.2) is 158 Å². The summed E-state index contributed by atoms with van der Waals surface area (Å²) in [6.45, 7) is 9.87. The molecule has 0 saturated carbocycles. The number of benzene rings is 6. The minimum absolute atomic E-state index is 0.00479. The number of nitrogens with zero attached hydrogens (tertiary/aromatic N) is 12. The Kier molecular flexibility index (Phi) is 23.1. The van der Waals surface area contributed by atoms with Gasteiger partial charge in [-0.05, 0) is 111 Å². The van der Waals surface area contributed by atoms with Gasteiger partial charge in [0.15, 0.2) is 6.04 Å². The molecule has 522 valence electrons. The van der Waals surface area contributed by atoms with Crippen LogP contribution in [0.4, 0.5) is 39.7 Å². The molecular weight excluding hydrogens is 1280 g/mol. The number of aromatic nitrogens is 4. The van der Waals surface area contributed by atoms with Crippen LogP contribution < -0.4 is 35.8 Å². The lowest BCUT2D eigenvalue weighted by Gasteiger charge is -2.53. The fourth-order valence-corrected chi connectivity index (χ4v) is 14.2. The number of carbonyl (C=O) groups excluding carboxylic acids is 4. The zero-order chi connectivity index (χ0) is 71.0. The van der Waals surface area contributed by atoms with Crippen LogP contribution in [0.25, 0.3) is 21.5 Å². The Morgan fingerprint density at radius 2 is 1.22 bits per heavy atom. The van der Waals surface area contributed by atoms with E-state index in [0.717, 1.165) is 84.5 Å². The van der Waals surface area contributed by atoms with E-state index >= 15 is 0 Å². The van der Waals surface area contributed by atoms with E-state index in [0.29, 0.717) is 73.5 Å². The fraction of sp³-hybridized carbons (Fsp3) is 0.355. The van der Waals surface area contributed by atoms with Crippen LogP contribution in [-0.2, 0) is 27.4 Å². The number of nitriles is 2. The predicted octanol–water partition coefficient (Wildman–Crippen LogP) is 9.91. The van der Waals surface area contributed by atoms with Gasteiger partial charge in [-0.15, -0.1) is 0 Å². The summed E-state index contributed by atoms with van der Waals surface area (Å²) >= 11 is 0. The summed E-state index contributed by atoms with van der Waals surface area (Å²) in [5.41, 5.74) is 0.997. The van der Waals surface area contributed by atoms with Gasteiger partial charge >= 0.3 is 12.1 Å². The number of hydrogen-bond acceptors (Lipinski definition) is 20. The molecule has 12 rings (SSSR count). The number of amides is 4. The number of piperazine rings is 2. The summed E-state index contributed by atoms with van der Waals surface area (Å²) in [7, 11) is 5.76. The van der Waals surface area contributed by atoms with Crippen molar-refractivity contribution in [3.05, 3.63) is 181 Å². The fourth-order valence-electron chi connectivity index (χ4n) is 14.2. The van der Waals surface area contributed by atoms with Gasteiger partial charge in [0, 0.05) is 93.9 Å². The quantitative estimate of drug-likeness (QED) is 0.0288. The molecule has 4 aliphatic rings. The highest BCUT2D eigenvalue weighted by Gasteiger charge is 2.56. The van der Waals surface area contributed by atoms with E-state index in [1.54, 1.807) is 35.1 Å². The number of phenols is 1. The maximum absolute atomic E-state index is 14.7. The van der Waals surface area contributed by atoms with Crippen molar-refractivity contribution < 1.29 is 43.7 Å². The van der Waals surface area contributed by atoms with E-state index in [2.05, 4.69) is 68.9 Å². The van der Waals surface area contributed by atoms with Crippen molar-refractivity contribution in [2.45, 2.75) is 69.2 Å². The summed E-state index contributed by atoms with van der Waals surface area (Å²) in [5, 5.41) is 56.7. The Morgan fingerprint density at radius 3 is 1.79 bits per heavy atom. The van der Waals surface area contributed by atoms with Crippen molar-refractivity contribution >= 4 is 86.2 Å². The van der Waals surface area contributed by atoms with Gasteiger partial charge in [-0.25, -0.2) is 19.6 Å². The van der Waals surface area contributed by atoms with E-state index < -0.39 is 35.5 Å². The smallest absolute Gasteiger partial charge is 0.407 e. The van der Waals surface area contributed by atoms with Crippen molar-refractivity contribution in [1.82, 2.24) is 39.5 Å². The molecule has 4 saturated heterocycles. The minimum Gasteiger partial charge on any atom is -0.508 e. The number of hydrogen-bond donors (Lipinski definition) is 6. The third-order valence-electron chi connectivity index (χ3n) is 19.1. The number of nitrogens with one attached hydrogen (secondary N) is 4. The number of fused-ring (bicyclic) bond motifs is 2. The highest BCUT2D eigenvalue weighted by Crippen LogP contribution is 2.40. The van der Waals surface area contributed by atoms with E-state index in [1.807, 2.05) is 120 Å². The number of carboxylic acid groups (broad SMARTS) is 1. The molecular formula is C76H84N16O9. The molecule has 6 heterocycles. The second-order valence-corrected chi connectivity index (χ2v) is 26.1. The maximum Gasteiger partial charge on any atom is 0.407 e. The Bertz CT molecular complexity index is 4380. The monoisotopic (exact) mass is 1360 g/mol. The SMILES string of the molecule is C=CC(=O)N1CCN(c2cc(C(=O)Nc3cc(O)cc4ccccc34)nc(NCC3CCCN(C)C3)n2)C[C@@H]1CC#N.COc1cc(NC(=O)c2cc(N3CCN(C(=O)O)[C@](CC#N)(Cc4ccccc4)C3C(=O)OCc3ccccc3)nc(NCC3CCCN(C)C3)n2)c2ccccc2c1. The maximum atomic E-state index is 14.7. The molecule has 8 aromatic rings. The van der Waals surface area contributed by atoms with E-state index in [9.17, 15) is 44.7 Å². The molecule has 0 radical (unpaired) electrons. The number of phenolic OH excluding ortho intramolecular Hbond substituents is 1. The van der Waals surface area contributed by atoms with E-state index in [1.165, 1.54) is 23.1 Å². The standard InChI is InChI=1S/C45H48N8O6.C31H36N8O3/c1-51-21-11-16-33(29-51)28-47-43-49-38(41(54)48-37-25-35(58-2)24-34-17-9-10-18-36(34)37)26-39(50-43)52-22-23-53(44(56)57)45(19-20-46,27-31-12-5-3-6-13-31)40(52)42(55)59-30-32-14-7-4-8-15-32;1-3-29(41)39-14-13-38(20-23(39)10-11-32)28-17-27(35-31(36-28)33-18-21-7-6-12-37(2)19-21)30(42)34-26-16-24(40)15-22-8-4-5-9-25(22)26/h3-10,12-15,17-18,24-26,33,40H,11,16,19,21-23,27-30H2,1-2H3,(H,48,54)(H,56,57)(H,47,49,50);3-5,8-9,15-17,21,23,40H,1,6-7,10,12-14,18-20H2,2H3,(H,34,42)(H,33,35,36)/t33?,40?,45-;21?,23-/m10/s1. The molecule has 25 nitrogen and oxygen atoms in total. The molecule has 3 unspecified atom stereocenters. The number of piperidine rings is 2. The van der Waals surface area contributed by atoms with Crippen molar-refractivity contribution in [3.63, 3.8) is 0 Å². The third-order valence-corrected chi connectivity index (χ3v) is 19.1. The van der Waals surface area contributed by atoms with Crippen LogP contribution in [0.2, 0.25) is 0 Å².